The molecular formula is C22H34O4. The maximum atomic E-state index is 11.9. The number of rotatable bonds is 1. The van der Waals surface area contributed by atoms with Crippen LogP contribution in [0.1, 0.15) is 73.1 Å². The molecule has 5 fully saturated rings. The molecule has 4 nitrogen and oxygen atoms in total. The van der Waals surface area contributed by atoms with Crippen LogP contribution >= 0.6 is 0 Å². The van der Waals surface area contributed by atoms with Crippen LogP contribution in [0.15, 0.2) is 0 Å². The summed E-state index contributed by atoms with van der Waals surface area (Å²) in [6, 6.07) is 0. The van der Waals surface area contributed by atoms with Crippen LogP contribution in [0.5, 0.6) is 0 Å². The fourth-order valence-corrected chi connectivity index (χ4v) is 8.62. The molecule has 0 amide bonds. The molecule has 2 bridgehead atoms. The molecule has 0 radical (unpaired) electrons. The van der Waals surface area contributed by atoms with Crippen LogP contribution in [-0.4, -0.2) is 35.5 Å². The Morgan fingerprint density at radius 1 is 1.08 bits per heavy atom. The van der Waals surface area contributed by atoms with Gasteiger partial charge in [-0.15, -0.1) is 0 Å². The summed E-state index contributed by atoms with van der Waals surface area (Å²) in [7, 11) is 0. The Bertz CT molecular complexity index is 659. The van der Waals surface area contributed by atoms with Crippen LogP contribution < -0.4 is 0 Å². The number of hydrogen-bond donors (Lipinski definition) is 1. The monoisotopic (exact) mass is 362 g/mol. The molecule has 5 aliphatic rings. The standard InChI is InChI=1S/C22H34O4/c1-12(23)25-16-7-8-19(2,3)13-6-9-22-11-20(4,17-18(22)26-17)15(24)10-14(22)21(13,16)5/h13-18,24H,6-11H2,1-5H3/t13-,14+,15+,16+,17+,18-,20-,21-,22+/m1/s1. The number of fused-ring (bicyclic) bond motifs is 5. The van der Waals surface area contributed by atoms with Gasteiger partial charge in [0.05, 0.1) is 18.3 Å². The third-order valence-corrected chi connectivity index (χ3v) is 9.73. The van der Waals surface area contributed by atoms with Gasteiger partial charge in [0, 0.05) is 23.2 Å². The Labute approximate surface area is 157 Å². The smallest absolute Gasteiger partial charge is 0.302 e. The molecule has 4 heteroatoms. The maximum Gasteiger partial charge on any atom is 0.302 e. The summed E-state index contributed by atoms with van der Waals surface area (Å²) in [5.41, 5.74) is 0.275. The first-order chi connectivity index (χ1) is 12.1. The van der Waals surface area contributed by atoms with Crippen molar-refractivity contribution in [1.82, 2.24) is 0 Å². The van der Waals surface area contributed by atoms with Crippen molar-refractivity contribution < 1.29 is 19.4 Å². The van der Waals surface area contributed by atoms with Gasteiger partial charge in [0.1, 0.15) is 6.10 Å². The summed E-state index contributed by atoms with van der Waals surface area (Å²) in [5.74, 6) is 0.735. The SMILES string of the molecule is CC(=O)O[C@H]1CCC(C)(C)[C@H]2CC[C@]34C[C@](C)([C@@H](O)C[C@H]3[C@]12C)[C@H]1O[C@H]14. The van der Waals surface area contributed by atoms with Crippen LogP contribution in [0, 0.1) is 33.5 Å². The van der Waals surface area contributed by atoms with E-state index in [1.54, 1.807) is 6.92 Å². The lowest BCUT2D eigenvalue weighted by Crippen LogP contribution is -2.65. The molecule has 5 rings (SSSR count). The van der Waals surface area contributed by atoms with E-state index >= 15 is 0 Å². The molecule has 0 aromatic rings. The number of aliphatic hydroxyl groups is 1. The van der Waals surface area contributed by atoms with Crippen molar-refractivity contribution in [3.8, 4) is 0 Å². The molecule has 26 heavy (non-hydrogen) atoms. The zero-order chi connectivity index (χ0) is 18.7. The largest absolute Gasteiger partial charge is 0.462 e. The molecular weight excluding hydrogens is 328 g/mol. The highest BCUT2D eigenvalue weighted by Gasteiger charge is 2.80. The van der Waals surface area contributed by atoms with Gasteiger partial charge in [0.2, 0.25) is 0 Å². The molecule has 146 valence electrons. The summed E-state index contributed by atoms with van der Waals surface area (Å²) in [6.45, 7) is 10.9. The first-order valence-electron chi connectivity index (χ1n) is 10.6. The zero-order valence-corrected chi connectivity index (χ0v) is 16.9. The second kappa shape index (κ2) is 4.86. The molecule has 1 N–H and O–H groups in total. The first-order valence-corrected chi connectivity index (χ1v) is 10.6. The van der Waals surface area contributed by atoms with Crippen molar-refractivity contribution in [1.29, 1.82) is 0 Å². The predicted molar refractivity (Wildman–Crippen MR) is 97.3 cm³/mol. The first kappa shape index (κ1) is 17.5. The van der Waals surface area contributed by atoms with E-state index in [0.717, 1.165) is 25.7 Å². The highest BCUT2D eigenvalue weighted by Crippen LogP contribution is 2.78. The zero-order valence-electron chi connectivity index (χ0n) is 16.9. The summed E-state index contributed by atoms with van der Waals surface area (Å²) in [4.78, 5) is 11.9. The lowest BCUT2D eigenvalue weighted by molar-refractivity contribution is -0.238. The summed E-state index contributed by atoms with van der Waals surface area (Å²) < 4.78 is 12.1. The van der Waals surface area contributed by atoms with Crippen LogP contribution in [0.4, 0.5) is 0 Å². The van der Waals surface area contributed by atoms with Gasteiger partial charge in [-0.3, -0.25) is 4.79 Å². The van der Waals surface area contributed by atoms with Crippen molar-refractivity contribution in [3.05, 3.63) is 0 Å². The highest BCUT2D eigenvalue weighted by molar-refractivity contribution is 5.66. The second-order valence-electron chi connectivity index (χ2n) is 11.3. The van der Waals surface area contributed by atoms with Crippen molar-refractivity contribution in [2.45, 2.75) is 97.6 Å². The number of carbonyl (C=O) groups excluding carboxylic acids is 1. The van der Waals surface area contributed by atoms with Gasteiger partial charge in [0.15, 0.2) is 0 Å². The molecule has 1 aliphatic heterocycles. The van der Waals surface area contributed by atoms with Crippen molar-refractivity contribution in [3.63, 3.8) is 0 Å². The van der Waals surface area contributed by atoms with Gasteiger partial charge in [-0.1, -0.05) is 27.7 Å². The molecule has 1 spiro atoms. The Hall–Kier alpha value is -0.610. The van der Waals surface area contributed by atoms with Gasteiger partial charge >= 0.3 is 5.97 Å². The summed E-state index contributed by atoms with van der Waals surface area (Å²) in [6.07, 6.45) is 6.58. The third kappa shape index (κ3) is 1.86. The van der Waals surface area contributed by atoms with E-state index < -0.39 is 0 Å². The quantitative estimate of drug-likeness (QED) is 0.571. The number of aliphatic hydroxyl groups excluding tert-OH is 1. The van der Waals surface area contributed by atoms with Crippen LogP contribution in [0.2, 0.25) is 0 Å². The topological polar surface area (TPSA) is 59.1 Å². The average Bonchev–Trinajstić information content (AvgIpc) is 3.30. The number of carbonyl (C=O) groups is 1. The average molecular weight is 363 g/mol. The third-order valence-electron chi connectivity index (χ3n) is 9.73. The van der Waals surface area contributed by atoms with Gasteiger partial charge in [-0.05, 0) is 55.8 Å². The predicted octanol–water partition coefficient (Wildman–Crippen LogP) is 3.70. The Morgan fingerprint density at radius 3 is 2.50 bits per heavy atom. The van der Waals surface area contributed by atoms with Crippen LogP contribution in [0.25, 0.3) is 0 Å². The molecule has 4 saturated carbocycles. The van der Waals surface area contributed by atoms with Gasteiger partial charge < -0.3 is 14.6 Å². The summed E-state index contributed by atoms with van der Waals surface area (Å²) >= 11 is 0. The molecule has 9 atom stereocenters. The van der Waals surface area contributed by atoms with Crippen molar-refractivity contribution >= 4 is 5.97 Å². The molecule has 0 aromatic heterocycles. The van der Waals surface area contributed by atoms with Crippen molar-refractivity contribution in [2.75, 3.05) is 0 Å². The lowest BCUT2D eigenvalue weighted by atomic mass is 9.39. The maximum absolute atomic E-state index is 11.9. The number of ether oxygens (including phenoxy) is 2. The number of esters is 1. The van der Waals surface area contributed by atoms with E-state index in [1.165, 1.54) is 12.8 Å². The Kier molecular flexibility index (Phi) is 3.27. The van der Waals surface area contributed by atoms with E-state index in [9.17, 15) is 9.90 Å². The number of epoxide rings is 1. The fraction of sp³-hybridized carbons (Fsp3) is 0.955. The number of hydrogen-bond acceptors (Lipinski definition) is 4. The van der Waals surface area contributed by atoms with E-state index in [0.29, 0.717) is 17.9 Å². The van der Waals surface area contributed by atoms with Gasteiger partial charge in [-0.2, -0.15) is 0 Å². The van der Waals surface area contributed by atoms with E-state index in [2.05, 4.69) is 27.7 Å². The molecule has 0 unspecified atom stereocenters. The minimum atomic E-state index is -0.309. The van der Waals surface area contributed by atoms with E-state index in [4.69, 9.17) is 9.47 Å². The Balaban J connectivity index is 1.61. The van der Waals surface area contributed by atoms with Gasteiger partial charge in [0.25, 0.3) is 0 Å². The lowest BCUT2D eigenvalue weighted by Gasteiger charge is -2.66. The second-order valence-corrected chi connectivity index (χ2v) is 11.3. The molecule has 0 aromatic carbocycles. The molecule has 1 heterocycles. The minimum Gasteiger partial charge on any atom is -0.462 e. The van der Waals surface area contributed by atoms with Crippen LogP contribution in [0.3, 0.4) is 0 Å². The summed E-state index contributed by atoms with van der Waals surface area (Å²) in [5, 5.41) is 11.1. The van der Waals surface area contributed by atoms with Crippen LogP contribution in [-0.2, 0) is 14.3 Å². The van der Waals surface area contributed by atoms with E-state index in [1.807, 2.05) is 0 Å². The highest BCUT2D eigenvalue weighted by atomic mass is 16.6. The molecule has 4 aliphatic carbocycles. The minimum absolute atomic E-state index is 0.0328. The van der Waals surface area contributed by atoms with E-state index in [-0.39, 0.29) is 45.9 Å². The Morgan fingerprint density at radius 2 is 1.81 bits per heavy atom. The fourth-order valence-electron chi connectivity index (χ4n) is 8.62. The normalized spacial score (nSPS) is 59.0. The van der Waals surface area contributed by atoms with Gasteiger partial charge in [-0.25, -0.2) is 0 Å². The molecule has 1 saturated heterocycles. The van der Waals surface area contributed by atoms with Crippen molar-refractivity contribution in [2.24, 2.45) is 33.5 Å².